The summed E-state index contributed by atoms with van der Waals surface area (Å²) < 4.78 is 21.8. The minimum atomic E-state index is 0.379. The van der Waals surface area contributed by atoms with E-state index in [-0.39, 0.29) is 0 Å². The lowest BCUT2D eigenvalue weighted by Gasteiger charge is -2.12. The molecule has 3 rings (SSSR count). The first-order valence-corrected chi connectivity index (χ1v) is 7.37. The van der Waals surface area contributed by atoms with Gasteiger partial charge < -0.3 is 18.6 Å². The Kier molecular flexibility index (Phi) is 4.37. The van der Waals surface area contributed by atoms with E-state index in [4.69, 9.17) is 18.6 Å². The second-order valence-electron chi connectivity index (χ2n) is 5.19. The second-order valence-corrected chi connectivity index (χ2v) is 5.19. The molecule has 0 N–H and O–H groups in total. The maximum atomic E-state index is 5.79. The quantitative estimate of drug-likeness (QED) is 0.711. The molecule has 0 saturated carbocycles. The van der Waals surface area contributed by atoms with Gasteiger partial charge in [-0.15, -0.1) is 10.2 Å². The largest absolute Gasteiger partial charge is 0.493 e. The molecule has 0 aliphatic carbocycles. The van der Waals surface area contributed by atoms with Crippen molar-refractivity contribution in [2.24, 2.45) is 0 Å². The SMILES string of the molecule is COc1cc(-c2nnc(-c3ccc(C)cc3)o2)cc(OC)c1OC. The molecular weight excluding hydrogens is 308 g/mol. The first kappa shape index (κ1) is 15.9. The molecule has 0 fully saturated rings. The molecule has 6 nitrogen and oxygen atoms in total. The highest BCUT2D eigenvalue weighted by molar-refractivity contribution is 5.66. The summed E-state index contributed by atoms with van der Waals surface area (Å²) in [5.74, 6) is 2.41. The van der Waals surface area contributed by atoms with Crippen molar-refractivity contribution in [3.05, 3.63) is 42.0 Å². The van der Waals surface area contributed by atoms with E-state index in [1.807, 2.05) is 31.2 Å². The third-order valence-corrected chi connectivity index (χ3v) is 3.64. The molecule has 0 radical (unpaired) electrons. The van der Waals surface area contributed by atoms with E-state index in [1.54, 1.807) is 33.5 Å². The van der Waals surface area contributed by atoms with E-state index >= 15 is 0 Å². The van der Waals surface area contributed by atoms with Crippen molar-refractivity contribution in [2.45, 2.75) is 6.92 Å². The van der Waals surface area contributed by atoms with Crippen LogP contribution in [0.1, 0.15) is 5.56 Å². The van der Waals surface area contributed by atoms with Crippen molar-refractivity contribution in [3.63, 3.8) is 0 Å². The number of methoxy groups -OCH3 is 3. The highest BCUT2D eigenvalue weighted by Crippen LogP contribution is 2.41. The normalized spacial score (nSPS) is 10.5. The Hall–Kier alpha value is -3.02. The van der Waals surface area contributed by atoms with Crippen LogP contribution in [0.15, 0.2) is 40.8 Å². The Bertz CT molecular complexity index is 815. The summed E-state index contributed by atoms with van der Waals surface area (Å²) >= 11 is 0. The number of hydrogen-bond acceptors (Lipinski definition) is 6. The van der Waals surface area contributed by atoms with E-state index in [0.717, 1.165) is 5.56 Å². The molecule has 0 spiro atoms. The van der Waals surface area contributed by atoms with Gasteiger partial charge in [-0.3, -0.25) is 0 Å². The summed E-state index contributed by atoms with van der Waals surface area (Å²) in [5.41, 5.74) is 2.73. The topological polar surface area (TPSA) is 66.6 Å². The molecule has 24 heavy (non-hydrogen) atoms. The summed E-state index contributed by atoms with van der Waals surface area (Å²) in [6, 6.07) is 11.4. The summed E-state index contributed by atoms with van der Waals surface area (Å²) in [5, 5.41) is 8.24. The van der Waals surface area contributed by atoms with Crippen LogP contribution in [0.5, 0.6) is 17.2 Å². The maximum Gasteiger partial charge on any atom is 0.248 e. The van der Waals surface area contributed by atoms with Crippen LogP contribution in [0, 0.1) is 6.92 Å². The van der Waals surface area contributed by atoms with Gasteiger partial charge in [0, 0.05) is 11.1 Å². The molecule has 0 unspecified atom stereocenters. The first-order valence-electron chi connectivity index (χ1n) is 7.37. The second kappa shape index (κ2) is 6.62. The van der Waals surface area contributed by atoms with Crippen molar-refractivity contribution in [1.82, 2.24) is 10.2 Å². The number of benzene rings is 2. The fourth-order valence-corrected chi connectivity index (χ4v) is 2.36. The average Bonchev–Trinajstić information content (AvgIpc) is 3.11. The van der Waals surface area contributed by atoms with Crippen LogP contribution in [0.2, 0.25) is 0 Å². The average molecular weight is 326 g/mol. The zero-order valence-electron chi connectivity index (χ0n) is 14.0. The lowest BCUT2D eigenvalue weighted by Crippen LogP contribution is -1.95. The Balaban J connectivity index is 2.02. The van der Waals surface area contributed by atoms with Gasteiger partial charge in [-0.2, -0.15) is 0 Å². The van der Waals surface area contributed by atoms with Crippen LogP contribution in [-0.4, -0.2) is 31.5 Å². The Labute approximate surface area is 140 Å². The zero-order chi connectivity index (χ0) is 17.1. The van der Waals surface area contributed by atoms with Crippen LogP contribution >= 0.6 is 0 Å². The number of hydrogen-bond donors (Lipinski definition) is 0. The maximum absolute atomic E-state index is 5.79. The van der Waals surface area contributed by atoms with E-state index in [9.17, 15) is 0 Å². The molecule has 0 aliphatic rings. The van der Waals surface area contributed by atoms with Crippen molar-refractivity contribution in [2.75, 3.05) is 21.3 Å². The zero-order valence-corrected chi connectivity index (χ0v) is 14.0. The van der Waals surface area contributed by atoms with Crippen molar-refractivity contribution in [3.8, 4) is 40.2 Å². The van der Waals surface area contributed by atoms with Gasteiger partial charge in [0.2, 0.25) is 17.5 Å². The van der Waals surface area contributed by atoms with Gasteiger partial charge in [0.1, 0.15) is 0 Å². The molecule has 6 heteroatoms. The highest BCUT2D eigenvalue weighted by atomic mass is 16.5. The number of nitrogens with zero attached hydrogens (tertiary/aromatic N) is 2. The molecule has 2 aromatic carbocycles. The molecule has 0 aliphatic heterocycles. The van der Waals surface area contributed by atoms with E-state index in [0.29, 0.717) is 34.6 Å². The number of rotatable bonds is 5. The van der Waals surface area contributed by atoms with Gasteiger partial charge in [0.05, 0.1) is 21.3 Å². The molecule has 0 bridgehead atoms. The summed E-state index contributed by atoms with van der Waals surface area (Å²) in [6.07, 6.45) is 0. The van der Waals surface area contributed by atoms with Gasteiger partial charge in [-0.1, -0.05) is 17.7 Å². The van der Waals surface area contributed by atoms with Crippen LogP contribution in [0.3, 0.4) is 0 Å². The lowest BCUT2D eigenvalue weighted by molar-refractivity contribution is 0.324. The number of aryl methyl sites for hydroxylation is 1. The van der Waals surface area contributed by atoms with Crippen LogP contribution in [0.25, 0.3) is 22.9 Å². The third-order valence-electron chi connectivity index (χ3n) is 3.64. The molecular formula is C18H18N2O4. The molecule has 0 atom stereocenters. The minimum absolute atomic E-state index is 0.379. The first-order chi connectivity index (χ1) is 11.7. The minimum Gasteiger partial charge on any atom is -0.493 e. The fraction of sp³-hybridized carbons (Fsp3) is 0.222. The van der Waals surface area contributed by atoms with E-state index < -0.39 is 0 Å². The van der Waals surface area contributed by atoms with Crippen LogP contribution in [0.4, 0.5) is 0 Å². The lowest BCUT2D eigenvalue weighted by atomic mass is 10.1. The Morgan fingerprint density at radius 3 is 1.79 bits per heavy atom. The van der Waals surface area contributed by atoms with Gasteiger partial charge >= 0.3 is 0 Å². The molecule has 3 aromatic rings. The highest BCUT2D eigenvalue weighted by Gasteiger charge is 2.17. The molecule has 0 amide bonds. The Morgan fingerprint density at radius 2 is 1.29 bits per heavy atom. The van der Waals surface area contributed by atoms with E-state index in [2.05, 4.69) is 10.2 Å². The van der Waals surface area contributed by atoms with Crippen molar-refractivity contribution in [1.29, 1.82) is 0 Å². The third kappa shape index (κ3) is 2.90. The number of ether oxygens (including phenoxy) is 3. The van der Waals surface area contributed by atoms with Gasteiger partial charge in [0.25, 0.3) is 0 Å². The predicted octanol–water partition coefficient (Wildman–Crippen LogP) is 3.74. The molecule has 1 aromatic heterocycles. The van der Waals surface area contributed by atoms with Crippen molar-refractivity contribution < 1.29 is 18.6 Å². The van der Waals surface area contributed by atoms with Crippen LogP contribution < -0.4 is 14.2 Å². The van der Waals surface area contributed by atoms with Gasteiger partial charge in [-0.25, -0.2) is 0 Å². The molecule has 0 saturated heterocycles. The van der Waals surface area contributed by atoms with E-state index in [1.165, 1.54) is 5.56 Å². The van der Waals surface area contributed by atoms with Gasteiger partial charge in [0.15, 0.2) is 11.5 Å². The van der Waals surface area contributed by atoms with Gasteiger partial charge in [-0.05, 0) is 31.2 Å². The predicted molar refractivity (Wildman–Crippen MR) is 89.6 cm³/mol. The summed E-state index contributed by atoms with van der Waals surface area (Å²) in [4.78, 5) is 0. The summed E-state index contributed by atoms with van der Waals surface area (Å²) in [7, 11) is 4.68. The molecule has 1 heterocycles. The smallest absolute Gasteiger partial charge is 0.248 e. The van der Waals surface area contributed by atoms with Crippen molar-refractivity contribution >= 4 is 0 Å². The standard InChI is InChI=1S/C18H18N2O4/c1-11-5-7-12(8-6-11)17-19-20-18(24-17)13-9-14(21-2)16(23-4)15(10-13)22-3/h5-10H,1-4H3. The Morgan fingerprint density at radius 1 is 0.750 bits per heavy atom. The number of aromatic nitrogens is 2. The summed E-state index contributed by atoms with van der Waals surface area (Å²) in [6.45, 7) is 2.03. The van der Waals surface area contributed by atoms with Crippen LogP contribution in [-0.2, 0) is 0 Å². The fourth-order valence-electron chi connectivity index (χ4n) is 2.36. The molecule has 124 valence electrons. The monoisotopic (exact) mass is 326 g/mol.